The lowest BCUT2D eigenvalue weighted by Gasteiger charge is -2.32. The summed E-state index contributed by atoms with van der Waals surface area (Å²) in [5, 5.41) is 3.24. The molecule has 0 aromatic heterocycles. The first-order valence-corrected chi connectivity index (χ1v) is 11.3. The SMILES string of the molecule is CCCC(=O)N(Cc1ccccc1C)[C@H](Cc1ccccc1)C(=O)NC1CCCC1. The van der Waals surface area contributed by atoms with Crippen LogP contribution in [0.4, 0.5) is 0 Å². The van der Waals surface area contributed by atoms with Gasteiger partial charge in [0.05, 0.1) is 0 Å². The fraction of sp³-hybridized carbons (Fsp3) is 0.462. The van der Waals surface area contributed by atoms with Gasteiger partial charge in [0, 0.05) is 25.4 Å². The molecule has 2 aromatic carbocycles. The summed E-state index contributed by atoms with van der Waals surface area (Å²) >= 11 is 0. The molecular formula is C26H34N2O2. The van der Waals surface area contributed by atoms with Crippen molar-refractivity contribution in [3.05, 3.63) is 71.3 Å². The van der Waals surface area contributed by atoms with Crippen LogP contribution in [0.25, 0.3) is 0 Å². The Labute approximate surface area is 180 Å². The average Bonchev–Trinajstić information content (AvgIpc) is 3.25. The van der Waals surface area contributed by atoms with Crippen molar-refractivity contribution in [2.45, 2.75) is 77.4 Å². The zero-order chi connectivity index (χ0) is 21.3. The Kier molecular flexibility index (Phi) is 8.06. The van der Waals surface area contributed by atoms with Crippen LogP contribution in [0.3, 0.4) is 0 Å². The van der Waals surface area contributed by atoms with Crippen LogP contribution in [0.5, 0.6) is 0 Å². The molecule has 0 spiro atoms. The van der Waals surface area contributed by atoms with Crippen LogP contribution in [0.15, 0.2) is 54.6 Å². The molecule has 30 heavy (non-hydrogen) atoms. The molecule has 4 heteroatoms. The van der Waals surface area contributed by atoms with Gasteiger partial charge >= 0.3 is 0 Å². The summed E-state index contributed by atoms with van der Waals surface area (Å²) in [5.74, 6) is 0.0204. The van der Waals surface area contributed by atoms with Gasteiger partial charge in [-0.25, -0.2) is 0 Å². The molecule has 1 aliphatic carbocycles. The molecule has 0 saturated heterocycles. The van der Waals surface area contributed by atoms with Gasteiger partial charge in [0.2, 0.25) is 11.8 Å². The topological polar surface area (TPSA) is 49.4 Å². The zero-order valence-electron chi connectivity index (χ0n) is 18.3. The van der Waals surface area contributed by atoms with Crippen molar-refractivity contribution in [2.24, 2.45) is 0 Å². The van der Waals surface area contributed by atoms with Crippen molar-refractivity contribution >= 4 is 11.8 Å². The fourth-order valence-electron chi connectivity index (χ4n) is 4.25. The number of hydrogen-bond acceptors (Lipinski definition) is 2. The molecule has 0 aliphatic heterocycles. The molecule has 1 atom stereocenters. The van der Waals surface area contributed by atoms with E-state index in [2.05, 4.69) is 24.4 Å². The Bertz CT molecular complexity index is 828. The summed E-state index contributed by atoms with van der Waals surface area (Å²) in [5.41, 5.74) is 3.30. The number of nitrogens with one attached hydrogen (secondary N) is 1. The van der Waals surface area contributed by atoms with Crippen LogP contribution >= 0.6 is 0 Å². The van der Waals surface area contributed by atoms with Crippen LogP contribution in [0.2, 0.25) is 0 Å². The number of amides is 2. The van der Waals surface area contributed by atoms with Gasteiger partial charge in [0.25, 0.3) is 0 Å². The number of nitrogens with zero attached hydrogens (tertiary/aromatic N) is 1. The second-order valence-electron chi connectivity index (χ2n) is 8.39. The van der Waals surface area contributed by atoms with Crippen molar-refractivity contribution in [1.82, 2.24) is 10.2 Å². The normalized spacial score (nSPS) is 15.0. The van der Waals surface area contributed by atoms with E-state index in [1.54, 1.807) is 0 Å². The maximum atomic E-state index is 13.4. The number of aryl methyl sites for hydroxylation is 1. The van der Waals surface area contributed by atoms with Crippen molar-refractivity contribution < 1.29 is 9.59 Å². The number of benzene rings is 2. The average molecular weight is 407 g/mol. The quantitative estimate of drug-likeness (QED) is 0.651. The summed E-state index contributed by atoms with van der Waals surface area (Å²) in [7, 11) is 0. The summed E-state index contributed by atoms with van der Waals surface area (Å²) in [6, 6.07) is 17.9. The summed E-state index contributed by atoms with van der Waals surface area (Å²) in [6.07, 6.45) is 6.14. The minimum atomic E-state index is -0.508. The maximum absolute atomic E-state index is 13.4. The molecule has 1 fully saturated rings. The molecular weight excluding hydrogens is 372 g/mol. The number of carbonyl (C=O) groups is 2. The van der Waals surface area contributed by atoms with Crippen molar-refractivity contribution in [3.8, 4) is 0 Å². The lowest BCUT2D eigenvalue weighted by molar-refractivity contribution is -0.141. The Hall–Kier alpha value is -2.62. The highest BCUT2D eigenvalue weighted by atomic mass is 16.2. The van der Waals surface area contributed by atoms with E-state index >= 15 is 0 Å². The lowest BCUT2D eigenvalue weighted by atomic mass is 10.0. The van der Waals surface area contributed by atoms with E-state index in [4.69, 9.17) is 0 Å². The first-order chi connectivity index (χ1) is 14.6. The van der Waals surface area contributed by atoms with Crippen LogP contribution in [-0.4, -0.2) is 28.8 Å². The van der Waals surface area contributed by atoms with Gasteiger partial charge in [-0.15, -0.1) is 0 Å². The molecule has 2 amide bonds. The predicted molar refractivity (Wildman–Crippen MR) is 121 cm³/mol. The highest BCUT2D eigenvalue weighted by Gasteiger charge is 2.31. The maximum Gasteiger partial charge on any atom is 0.243 e. The summed E-state index contributed by atoms with van der Waals surface area (Å²) in [4.78, 5) is 28.4. The van der Waals surface area contributed by atoms with Crippen LogP contribution < -0.4 is 5.32 Å². The summed E-state index contributed by atoms with van der Waals surface area (Å²) in [6.45, 7) is 4.53. The Morgan fingerprint density at radius 1 is 1.03 bits per heavy atom. The summed E-state index contributed by atoms with van der Waals surface area (Å²) < 4.78 is 0. The standard InChI is InChI=1S/C26H34N2O2/c1-3-11-25(29)28(19-22-15-8-7-12-20(22)2)24(18-21-13-5-4-6-14-21)26(30)27-23-16-9-10-17-23/h4-8,12-15,23-24H,3,9-11,16-19H2,1-2H3,(H,27,30)/t24-/m1/s1. The van der Waals surface area contributed by atoms with Gasteiger partial charge < -0.3 is 10.2 Å². The highest BCUT2D eigenvalue weighted by Crippen LogP contribution is 2.21. The molecule has 1 N–H and O–H groups in total. The van der Waals surface area contributed by atoms with Crippen molar-refractivity contribution in [2.75, 3.05) is 0 Å². The fourth-order valence-corrected chi connectivity index (χ4v) is 4.25. The first kappa shape index (κ1) is 22.1. The van der Waals surface area contributed by atoms with Gasteiger partial charge in [-0.1, -0.05) is 74.4 Å². The minimum Gasteiger partial charge on any atom is -0.352 e. The second-order valence-corrected chi connectivity index (χ2v) is 8.39. The third kappa shape index (κ3) is 5.94. The monoisotopic (exact) mass is 406 g/mol. The van der Waals surface area contributed by atoms with E-state index in [9.17, 15) is 9.59 Å². The first-order valence-electron chi connectivity index (χ1n) is 11.3. The van der Waals surface area contributed by atoms with E-state index in [-0.39, 0.29) is 17.9 Å². The predicted octanol–water partition coefficient (Wildman–Crippen LogP) is 4.79. The van der Waals surface area contributed by atoms with Crippen LogP contribution in [-0.2, 0) is 22.6 Å². The highest BCUT2D eigenvalue weighted by molar-refractivity contribution is 5.88. The van der Waals surface area contributed by atoms with E-state index < -0.39 is 6.04 Å². The molecule has 0 bridgehead atoms. The van der Waals surface area contributed by atoms with Crippen LogP contribution in [0.1, 0.15) is 62.1 Å². The van der Waals surface area contributed by atoms with Gasteiger partial charge in [-0.3, -0.25) is 9.59 Å². The molecule has 0 radical (unpaired) electrons. The molecule has 2 aromatic rings. The minimum absolute atomic E-state index is 0.0243. The number of carbonyl (C=O) groups excluding carboxylic acids is 2. The molecule has 1 aliphatic rings. The number of hydrogen-bond donors (Lipinski definition) is 1. The van der Waals surface area contributed by atoms with E-state index in [1.807, 2.05) is 54.3 Å². The molecule has 0 heterocycles. The van der Waals surface area contributed by atoms with Gasteiger partial charge in [-0.2, -0.15) is 0 Å². The lowest BCUT2D eigenvalue weighted by Crippen LogP contribution is -2.52. The third-order valence-corrected chi connectivity index (χ3v) is 6.04. The van der Waals surface area contributed by atoms with Gasteiger partial charge in [0.15, 0.2) is 0 Å². The molecule has 4 nitrogen and oxygen atoms in total. The number of rotatable bonds is 9. The van der Waals surface area contributed by atoms with Gasteiger partial charge in [-0.05, 0) is 42.9 Å². The van der Waals surface area contributed by atoms with Gasteiger partial charge in [0.1, 0.15) is 6.04 Å². The van der Waals surface area contributed by atoms with Crippen molar-refractivity contribution in [3.63, 3.8) is 0 Å². The largest absolute Gasteiger partial charge is 0.352 e. The van der Waals surface area contributed by atoms with Crippen LogP contribution in [0, 0.1) is 6.92 Å². The van der Waals surface area contributed by atoms with E-state index in [1.165, 1.54) is 0 Å². The van der Waals surface area contributed by atoms with E-state index in [0.29, 0.717) is 19.4 Å². The van der Waals surface area contributed by atoms with E-state index in [0.717, 1.165) is 48.8 Å². The van der Waals surface area contributed by atoms with Crippen molar-refractivity contribution in [1.29, 1.82) is 0 Å². The zero-order valence-corrected chi connectivity index (χ0v) is 18.3. The molecule has 3 rings (SSSR count). The smallest absolute Gasteiger partial charge is 0.243 e. The Morgan fingerprint density at radius 2 is 1.70 bits per heavy atom. The molecule has 1 saturated carbocycles. The second kappa shape index (κ2) is 11.0. The molecule has 160 valence electrons. The Morgan fingerprint density at radius 3 is 2.37 bits per heavy atom. The Balaban J connectivity index is 1.90. The third-order valence-electron chi connectivity index (χ3n) is 6.04. The molecule has 0 unspecified atom stereocenters.